The number of nitrogens with zero attached hydrogens (tertiary/aromatic N) is 3. The maximum absolute atomic E-state index is 12.6. The van der Waals surface area contributed by atoms with Crippen LogP contribution in [0.5, 0.6) is 0 Å². The Hall–Kier alpha value is -2.57. The van der Waals surface area contributed by atoms with Crippen LogP contribution in [0, 0.1) is 5.92 Å². The third-order valence-electron chi connectivity index (χ3n) is 4.84. The topological polar surface area (TPSA) is 81.2 Å². The first-order valence-electron chi connectivity index (χ1n) is 9.47. The van der Waals surface area contributed by atoms with Gasteiger partial charge in [-0.15, -0.1) is 0 Å². The molecule has 1 aliphatic heterocycles. The van der Waals surface area contributed by atoms with Crippen molar-refractivity contribution in [1.29, 1.82) is 0 Å². The fourth-order valence-electron chi connectivity index (χ4n) is 3.44. The zero-order valence-electron chi connectivity index (χ0n) is 16.1. The lowest BCUT2D eigenvalue weighted by atomic mass is 9.95. The van der Waals surface area contributed by atoms with E-state index in [2.05, 4.69) is 0 Å². The summed E-state index contributed by atoms with van der Waals surface area (Å²) in [5, 5.41) is 9.00. The summed E-state index contributed by atoms with van der Waals surface area (Å²) in [6.45, 7) is 3.69. The lowest BCUT2D eigenvalue weighted by Crippen LogP contribution is -2.48. The summed E-state index contributed by atoms with van der Waals surface area (Å²) in [6.07, 6.45) is 1.87. The molecule has 0 atom stereocenters. The van der Waals surface area contributed by atoms with E-state index in [1.165, 1.54) is 4.90 Å². The molecule has 3 amide bonds. The Bertz CT molecular complexity index is 642. The molecule has 0 aromatic heterocycles. The van der Waals surface area contributed by atoms with Crippen molar-refractivity contribution in [2.45, 2.75) is 32.7 Å². The van der Waals surface area contributed by atoms with Crippen molar-refractivity contribution >= 4 is 17.9 Å². The Kier molecular flexibility index (Phi) is 7.64. The number of carbonyl (C=O) groups excluding carboxylic acids is 2. The van der Waals surface area contributed by atoms with Crippen LogP contribution in [0.1, 0.15) is 31.7 Å². The van der Waals surface area contributed by atoms with Gasteiger partial charge in [0.15, 0.2) is 0 Å². The first-order valence-corrected chi connectivity index (χ1v) is 9.47. The number of benzene rings is 1. The van der Waals surface area contributed by atoms with Gasteiger partial charge < -0.3 is 19.8 Å². The molecule has 0 aliphatic carbocycles. The lowest BCUT2D eigenvalue weighted by Gasteiger charge is -2.35. The van der Waals surface area contributed by atoms with Crippen molar-refractivity contribution in [1.82, 2.24) is 14.7 Å². The van der Waals surface area contributed by atoms with Crippen LogP contribution in [0.25, 0.3) is 0 Å². The number of hydrogen-bond donors (Lipinski definition) is 1. The first-order chi connectivity index (χ1) is 12.9. The van der Waals surface area contributed by atoms with Gasteiger partial charge in [0.05, 0.1) is 0 Å². The third kappa shape index (κ3) is 5.98. The van der Waals surface area contributed by atoms with E-state index in [4.69, 9.17) is 5.11 Å². The monoisotopic (exact) mass is 375 g/mol. The van der Waals surface area contributed by atoms with Gasteiger partial charge in [0, 0.05) is 39.1 Å². The van der Waals surface area contributed by atoms with Gasteiger partial charge in [-0.05, 0) is 24.8 Å². The highest BCUT2D eigenvalue weighted by Crippen LogP contribution is 2.21. The number of rotatable bonds is 7. The van der Waals surface area contributed by atoms with E-state index in [-0.39, 0.29) is 24.4 Å². The quantitative estimate of drug-likeness (QED) is 0.793. The Labute approximate surface area is 160 Å². The molecule has 1 fully saturated rings. The zero-order chi connectivity index (χ0) is 19.8. The molecule has 2 rings (SSSR count). The summed E-state index contributed by atoms with van der Waals surface area (Å²) >= 11 is 0. The molecule has 7 heteroatoms. The van der Waals surface area contributed by atoms with Gasteiger partial charge >= 0.3 is 12.0 Å². The molecule has 1 aromatic rings. The van der Waals surface area contributed by atoms with Crippen LogP contribution in [0.3, 0.4) is 0 Å². The second-order valence-electron chi connectivity index (χ2n) is 7.04. The third-order valence-corrected chi connectivity index (χ3v) is 4.84. The van der Waals surface area contributed by atoms with Crippen LogP contribution in [0.15, 0.2) is 30.3 Å². The number of piperidine rings is 1. The number of urea groups is 1. The van der Waals surface area contributed by atoms with Crippen molar-refractivity contribution in [3.63, 3.8) is 0 Å². The van der Waals surface area contributed by atoms with E-state index in [1.807, 2.05) is 37.3 Å². The van der Waals surface area contributed by atoms with Crippen LogP contribution in [0.4, 0.5) is 4.79 Å². The standard InChI is InChI=1S/C20H29N3O4/c1-3-11-23(15-18(24)25)19(26)17-9-12-22(13-10-17)20(27)21(2)14-16-7-5-4-6-8-16/h4-8,17H,3,9-15H2,1-2H3,(H,24,25). The molecule has 1 N–H and O–H groups in total. The van der Waals surface area contributed by atoms with E-state index in [9.17, 15) is 14.4 Å². The molecule has 0 radical (unpaired) electrons. The van der Waals surface area contributed by atoms with E-state index in [0.717, 1.165) is 12.0 Å². The summed E-state index contributed by atoms with van der Waals surface area (Å²) in [5.41, 5.74) is 1.07. The molecule has 1 heterocycles. The molecule has 1 saturated heterocycles. The summed E-state index contributed by atoms with van der Waals surface area (Å²) in [4.78, 5) is 41.1. The number of amides is 3. The van der Waals surface area contributed by atoms with Crippen LogP contribution < -0.4 is 0 Å². The van der Waals surface area contributed by atoms with Crippen molar-refractivity contribution in [2.75, 3.05) is 33.2 Å². The van der Waals surface area contributed by atoms with Crippen LogP contribution >= 0.6 is 0 Å². The van der Waals surface area contributed by atoms with Crippen LogP contribution in [-0.2, 0) is 16.1 Å². The normalized spacial score (nSPS) is 14.7. The molecule has 1 aromatic carbocycles. The van der Waals surface area contributed by atoms with Gasteiger partial charge in [-0.2, -0.15) is 0 Å². The molecule has 7 nitrogen and oxygen atoms in total. The fraction of sp³-hybridized carbons (Fsp3) is 0.550. The summed E-state index contributed by atoms with van der Waals surface area (Å²) in [5.74, 6) is -1.31. The number of carbonyl (C=O) groups is 3. The molecular weight excluding hydrogens is 346 g/mol. The fourth-order valence-corrected chi connectivity index (χ4v) is 3.44. The first kappa shape index (κ1) is 20.7. The molecule has 27 heavy (non-hydrogen) atoms. The predicted octanol–water partition coefficient (Wildman–Crippen LogP) is 2.27. The minimum atomic E-state index is -0.994. The van der Waals surface area contributed by atoms with Crippen molar-refractivity contribution in [3.05, 3.63) is 35.9 Å². The number of hydrogen-bond acceptors (Lipinski definition) is 3. The molecule has 148 valence electrons. The second kappa shape index (κ2) is 9.94. The minimum absolute atomic E-state index is 0.0410. The Morgan fingerprint density at radius 1 is 1.15 bits per heavy atom. The van der Waals surface area contributed by atoms with Gasteiger partial charge in [0.2, 0.25) is 5.91 Å². The molecule has 1 aliphatic rings. The van der Waals surface area contributed by atoms with Crippen molar-refractivity contribution in [2.24, 2.45) is 5.92 Å². The Morgan fingerprint density at radius 3 is 2.33 bits per heavy atom. The highest BCUT2D eigenvalue weighted by molar-refractivity contribution is 5.83. The van der Waals surface area contributed by atoms with Gasteiger partial charge in [0.1, 0.15) is 6.54 Å². The lowest BCUT2D eigenvalue weighted by molar-refractivity contribution is -0.147. The number of carboxylic acids is 1. The average Bonchev–Trinajstić information content (AvgIpc) is 2.67. The summed E-state index contributed by atoms with van der Waals surface area (Å²) in [6, 6.07) is 9.77. The van der Waals surface area contributed by atoms with Crippen LogP contribution in [0.2, 0.25) is 0 Å². The Balaban J connectivity index is 1.87. The summed E-state index contributed by atoms with van der Waals surface area (Å²) in [7, 11) is 1.78. The van der Waals surface area contributed by atoms with E-state index in [1.54, 1.807) is 16.8 Å². The number of aliphatic carboxylic acids is 1. The smallest absolute Gasteiger partial charge is 0.323 e. The second-order valence-corrected chi connectivity index (χ2v) is 7.04. The highest BCUT2D eigenvalue weighted by atomic mass is 16.4. The molecule has 0 bridgehead atoms. The van der Waals surface area contributed by atoms with E-state index >= 15 is 0 Å². The van der Waals surface area contributed by atoms with Gasteiger partial charge in [-0.3, -0.25) is 9.59 Å². The van der Waals surface area contributed by atoms with E-state index in [0.29, 0.717) is 39.0 Å². The SMILES string of the molecule is CCCN(CC(=O)O)C(=O)C1CCN(C(=O)N(C)Cc2ccccc2)CC1. The van der Waals surface area contributed by atoms with Crippen molar-refractivity contribution < 1.29 is 19.5 Å². The van der Waals surface area contributed by atoms with Gasteiger partial charge in [-0.1, -0.05) is 37.3 Å². The molecule has 0 unspecified atom stereocenters. The van der Waals surface area contributed by atoms with Crippen molar-refractivity contribution in [3.8, 4) is 0 Å². The number of likely N-dealkylation sites (tertiary alicyclic amines) is 1. The molecule has 0 spiro atoms. The molecule has 0 saturated carbocycles. The van der Waals surface area contributed by atoms with Gasteiger partial charge in [-0.25, -0.2) is 4.79 Å². The highest BCUT2D eigenvalue weighted by Gasteiger charge is 2.31. The van der Waals surface area contributed by atoms with E-state index < -0.39 is 5.97 Å². The van der Waals surface area contributed by atoms with Crippen LogP contribution in [-0.4, -0.2) is 70.9 Å². The van der Waals surface area contributed by atoms with Gasteiger partial charge in [0.25, 0.3) is 0 Å². The maximum atomic E-state index is 12.6. The average molecular weight is 375 g/mol. The Morgan fingerprint density at radius 2 is 1.78 bits per heavy atom. The molecular formula is C20H29N3O4. The number of carboxylic acid groups (broad SMARTS) is 1. The predicted molar refractivity (Wildman–Crippen MR) is 102 cm³/mol. The maximum Gasteiger partial charge on any atom is 0.323 e. The minimum Gasteiger partial charge on any atom is -0.480 e. The zero-order valence-corrected chi connectivity index (χ0v) is 16.1. The summed E-state index contributed by atoms with van der Waals surface area (Å²) < 4.78 is 0. The largest absolute Gasteiger partial charge is 0.480 e.